The fraction of sp³-hybridized carbons (Fsp3) is 0.158. The van der Waals surface area contributed by atoms with E-state index in [1.165, 1.54) is 26.4 Å². The number of methoxy groups -OCH3 is 2. The van der Waals surface area contributed by atoms with E-state index in [0.717, 1.165) is 12.1 Å². The van der Waals surface area contributed by atoms with Crippen LogP contribution >= 0.6 is 11.6 Å². The molecule has 0 fully saturated rings. The second-order valence-corrected chi connectivity index (χ2v) is 6.03. The summed E-state index contributed by atoms with van der Waals surface area (Å²) in [5.41, 5.74) is 0.490. The van der Waals surface area contributed by atoms with Gasteiger partial charge in [-0.1, -0.05) is 17.7 Å². The van der Waals surface area contributed by atoms with Gasteiger partial charge < -0.3 is 9.47 Å². The Balaban J connectivity index is 2.18. The number of alkyl halides is 3. The van der Waals surface area contributed by atoms with E-state index < -0.39 is 17.7 Å². The summed E-state index contributed by atoms with van der Waals surface area (Å²) in [6.45, 7) is 0. The molecule has 0 aliphatic heterocycles. The maximum absolute atomic E-state index is 12.8. The molecule has 0 spiro atoms. The summed E-state index contributed by atoms with van der Waals surface area (Å²) >= 11 is 6.07. The van der Waals surface area contributed by atoms with Gasteiger partial charge in [0.05, 0.1) is 41.6 Å². The first-order valence-electron chi connectivity index (χ1n) is 7.69. The van der Waals surface area contributed by atoms with Crippen molar-refractivity contribution in [1.29, 1.82) is 0 Å². The highest BCUT2D eigenvalue weighted by molar-refractivity contribution is 6.33. The van der Waals surface area contributed by atoms with Crippen LogP contribution in [0, 0.1) is 0 Å². The first-order valence-corrected chi connectivity index (χ1v) is 8.06. The number of esters is 1. The summed E-state index contributed by atoms with van der Waals surface area (Å²) in [5.74, 6) is -0.0852. The number of ether oxygens (including phenoxy) is 2. The first-order chi connectivity index (χ1) is 12.7. The molecule has 0 radical (unpaired) electrons. The van der Waals surface area contributed by atoms with Crippen molar-refractivity contribution in [2.75, 3.05) is 14.2 Å². The van der Waals surface area contributed by atoms with E-state index in [1.807, 2.05) is 0 Å². The van der Waals surface area contributed by atoms with Gasteiger partial charge in [0.1, 0.15) is 5.75 Å². The minimum atomic E-state index is -4.49. The van der Waals surface area contributed by atoms with Gasteiger partial charge in [-0.15, -0.1) is 0 Å². The lowest BCUT2D eigenvalue weighted by Gasteiger charge is -2.12. The Kier molecular flexibility index (Phi) is 4.97. The Labute approximate surface area is 157 Å². The number of hydrogen-bond acceptors (Lipinski definition) is 4. The lowest BCUT2D eigenvalue weighted by Crippen LogP contribution is -2.04. The largest absolute Gasteiger partial charge is 0.496 e. The standard InChI is InChI=1S/C19H13ClF3NO3/c1-26-17-9-16(12-6-4-11(8-14(12)20)19(21,22)23)24-15-7-10(18(25)27-2)3-5-13(15)17/h3-9H,1-2H3. The van der Waals surface area contributed by atoms with E-state index in [-0.39, 0.29) is 10.6 Å². The quantitative estimate of drug-likeness (QED) is 0.559. The SMILES string of the molecule is COC(=O)c1ccc2c(OC)cc(-c3ccc(C(F)(F)F)cc3Cl)nc2c1. The third-order valence-corrected chi connectivity index (χ3v) is 4.30. The van der Waals surface area contributed by atoms with Gasteiger partial charge in [-0.2, -0.15) is 13.2 Å². The number of hydrogen-bond donors (Lipinski definition) is 0. The molecule has 0 amide bonds. The van der Waals surface area contributed by atoms with Crippen LogP contribution in [0.25, 0.3) is 22.2 Å². The van der Waals surface area contributed by atoms with Crippen LogP contribution in [-0.4, -0.2) is 25.2 Å². The fourth-order valence-corrected chi connectivity index (χ4v) is 2.92. The molecule has 27 heavy (non-hydrogen) atoms. The van der Waals surface area contributed by atoms with Gasteiger partial charge in [-0.3, -0.25) is 0 Å². The van der Waals surface area contributed by atoms with Gasteiger partial charge in [-0.05, 0) is 30.3 Å². The van der Waals surface area contributed by atoms with Crippen molar-refractivity contribution in [2.24, 2.45) is 0 Å². The zero-order chi connectivity index (χ0) is 19.8. The monoisotopic (exact) mass is 395 g/mol. The highest BCUT2D eigenvalue weighted by Crippen LogP contribution is 2.37. The number of carbonyl (C=O) groups excluding carboxylic acids is 1. The molecule has 0 saturated carbocycles. The van der Waals surface area contributed by atoms with Crippen molar-refractivity contribution >= 4 is 28.5 Å². The third kappa shape index (κ3) is 3.68. The highest BCUT2D eigenvalue weighted by atomic mass is 35.5. The van der Waals surface area contributed by atoms with E-state index in [1.54, 1.807) is 18.2 Å². The Hall–Kier alpha value is -2.80. The molecule has 0 N–H and O–H groups in total. The van der Waals surface area contributed by atoms with Crippen LogP contribution < -0.4 is 4.74 Å². The highest BCUT2D eigenvalue weighted by Gasteiger charge is 2.31. The smallest absolute Gasteiger partial charge is 0.416 e. The third-order valence-electron chi connectivity index (χ3n) is 3.99. The van der Waals surface area contributed by atoms with Crippen LogP contribution in [0.2, 0.25) is 5.02 Å². The van der Waals surface area contributed by atoms with E-state index in [2.05, 4.69) is 4.98 Å². The van der Waals surface area contributed by atoms with E-state index in [4.69, 9.17) is 21.1 Å². The number of fused-ring (bicyclic) bond motifs is 1. The molecule has 3 aromatic rings. The van der Waals surface area contributed by atoms with Crippen molar-refractivity contribution in [3.63, 3.8) is 0 Å². The second kappa shape index (κ2) is 7.08. The van der Waals surface area contributed by atoms with Crippen molar-refractivity contribution in [3.8, 4) is 17.0 Å². The summed E-state index contributed by atoms with van der Waals surface area (Å²) in [4.78, 5) is 16.2. The minimum Gasteiger partial charge on any atom is -0.496 e. The number of benzene rings is 2. The average molecular weight is 396 g/mol. The summed E-state index contributed by atoms with van der Waals surface area (Å²) < 4.78 is 48.6. The molecule has 0 unspecified atom stereocenters. The lowest BCUT2D eigenvalue weighted by atomic mass is 10.0. The Bertz CT molecular complexity index is 1030. The predicted molar refractivity (Wildman–Crippen MR) is 95.1 cm³/mol. The average Bonchev–Trinajstić information content (AvgIpc) is 2.65. The van der Waals surface area contributed by atoms with Crippen molar-refractivity contribution in [2.45, 2.75) is 6.18 Å². The number of rotatable bonds is 3. The Morgan fingerprint density at radius 2 is 1.81 bits per heavy atom. The summed E-state index contributed by atoms with van der Waals surface area (Å²) in [7, 11) is 2.72. The van der Waals surface area contributed by atoms with E-state index >= 15 is 0 Å². The van der Waals surface area contributed by atoms with Crippen LogP contribution in [-0.2, 0) is 10.9 Å². The van der Waals surface area contributed by atoms with E-state index in [0.29, 0.717) is 27.9 Å². The maximum Gasteiger partial charge on any atom is 0.416 e. The molecular weight excluding hydrogens is 383 g/mol. The van der Waals surface area contributed by atoms with Gasteiger partial charge >= 0.3 is 12.1 Å². The predicted octanol–water partition coefficient (Wildman–Crippen LogP) is 5.37. The van der Waals surface area contributed by atoms with Gasteiger partial charge in [0.25, 0.3) is 0 Å². The molecule has 2 aromatic carbocycles. The molecule has 0 aliphatic carbocycles. The fourth-order valence-electron chi connectivity index (χ4n) is 2.65. The van der Waals surface area contributed by atoms with Crippen LogP contribution in [0.1, 0.15) is 15.9 Å². The molecule has 4 nitrogen and oxygen atoms in total. The number of nitrogens with zero attached hydrogens (tertiary/aromatic N) is 1. The Morgan fingerprint density at radius 3 is 2.41 bits per heavy atom. The van der Waals surface area contributed by atoms with Crippen LogP contribution in [0.4, 0.5) is 13.2 Å². The summed E-state index contributed by atoms with van der Waals surface area (Å²) in [6.07, 6.45) is -4.49. The van der Waals surface area contributed by atoms with Crippen LogP contribution in [0.3, 0.4) is 0 Å². The Morgan fingerprint density at radius 1 is 1.07 bits per heavy atom. The molecule has 3 rings (SSSR count). The van der Waals surface area contributed by atoms with Gasteiger partial charge in [0, 0.05) is 17.0 Å². The molecule has 0 atom stereocenters. The lowest BCUT2D eigenvalue weighted by molar-refractivity contribution is -0.137. The first kappa shape index (κ1) is 19.0. The number of carbonyl (C=O) groups is 1. The molecule has 0 bridgehead atoms. The normalized spacial score (nSPS) is 11.5. The van der Waals surface area contributed by atoms with Gasteiger partial charge in [0.2, 0.25) is 0 Å². The van der Waals surface area contributed by atoms with Gasteiger partial charge in [-0.25, -0.2) is 9.78 Å². The molecule has 8 heteroatoms. The minimum absolute atomic E-state index is 0.0946. The molecule has 0 saturated heterocycles. The molecule has 0 aliphatic rings. The van der Waals surface area contributed by atoms with Crippen LogP contribution in [0.5, 0.6) is 5.75 Å². The zero-order valence-electron chi connectivity index (χ0n) is 14.2. The summed E-state index contributed by atoms with van der Waals surface area (Å²) in [5, 5.41) is 0.541. The van der Waals surface area contributed by atoms with Crippen LogP contribution in [0.15, 0.2) is 42.5 Å². The van der Waals surface area contributed by atoms with Crippen molar-refractivity contribution < 1.29 is 27.4 Å². The maximum atomic E-state index is 12.8. The van der Waals surface area contributed by atoms with Crippen molar-refractivity contribution in [3.05, 3.63) is 58.6 Å². The summed E-state index contributed by atoms with van der Waals surface area (Å²) in [6, 6.07) is 9.36. The molecule has 1 aromatic heterocycles. The second-order valence-electron chi connectivity index (χ2n) is 5.63. The number of aromatic nitrogens is 1. The molecule has 1 heterocycles. The zero-order valence-corrected chi connectivity index (χ0v) is 15.0. The topological polar surface area (TPSA) is 48.4 Å². The number of halogens is 4. The van der Waals surface area contributed by atoms with Gasteiger partial charge in [0.15, 0.2) is 0 Å². The van der Waals surface area contributed by atoms with E-state index in [9.17, 15) is 18.0 Å². The molecular formula is C19H13ClF3NO3. The molecule has 140 valence electrons. The number of pyridine rings is 1. The van der Waals surface area contributed by atoms with Crippen molar-refractivity contribution in [1.82, 2.24) is 4.98 Å².